The van der Waals surface area contributed by atoms with Gasteiger partial charge in [-0.25, -0.2) is 0 Å². The zero-order valence-electron chi connectivity index (χ0n) is 8.56. The van der Waals surface area contributed by atoms with Gasteiger partial charge in [-0.15, -0.1) is 0 Å². The summed E-state index contributed by atoms with van der Waals surface area (Å²) in [5.41, 5.74) is 0.224. The molecule has 1 amide bonds. The fourth-order valence-corrected chi connectivity index (χ4v) is 1.05. The Hall–Kier alpha value is -1.62. The van der Waals surface area contributed by atoms with Gasteiger partial charge in [-0.2, -0.15) is 0 Å². The van der Waals surface area contributed by atoms with Crippen molar-refractivity contribution in [1.29, 1.82) is 0 Å². The molecule has 1 rings (SSSR count). The molecule has 0 spiro atoms. The molecule has 0 aliphatic rings. The number of rotatable bonds is 5. The minimum Gasteiger partial charge on any atom is -0.505 e. The van der Waals surface area contributed by atoms with Gasteiger partial charge in [0.05, 0.1) is 18.4 Å². The number of pyridine rings is 1. The Morgan fingerprint density at radius 1 is 1.67 bits per heavy atom. The van der Waals surface area contributed by atoms with Crippen molar-refractivity contribution < 1.29 is 14.6 Å². The SMILES string of the molecule is CCOCCNC(=O)c1ccncc1O. The number of carbonyl (C=O) groups is 1. The summed E-state index contributed by atoms with van der Waals surface area (Å²) in [4.78, 5) is 15.2. The van der Waals surface area contributed by atoms with Crippen LogP contribution in [0.4, 0.5) is 0 Å². The molecule has 0 aliphatic carbocycles. The molecule has 1 aromatic rings. The number of ether oxygens (including phenoxy) is 1. The molecule has 15 heavy (non-hydrogen) atoms. The number of nitrogens with zero attached hydrogens (tertiary/aromatic N) is 1. The van der Waals surface area contributed by atoms with Crippen molar-refractivity contribution in [2.24, 2.45) is 0 Å². The third-order valence-electron chi connectivity index (χ3n) is 1.78. The Balaban J connectivity index is 2.44. The second kappa shape index (κ2) is 5.98. The lowest BCUT2D eigenvalue weighted by Crippen LogP contribution is -2.27. The Morgan fingerprint density at radius 3 is 3.13 bits per heavy atom. The molecular formula is C10H14N2O3. The molecule has 0 saturated carbocycles. The molecule has 0 unspecified atom stereocenters. The van der Waals surface area contributed by atoms with Gasteiger partial charge in [0.25, 0.3) is 5.91 Å². The Labute approximate surface area is 88.1 Å². The molecule has 0 fully saturated rings. The van der Waals surface area contributed by atoms with E-state index < -0.39 is 0 Å². The van der Waals surface area contributed by atoms with Gasteiger partial charge < -0.3 is 15.2 Å². The summed E-state index contributed by atoms with van der Waals surface area (Å²) in [6.45, 7) is 3.40. The van der Waals surface area contributed by atoms with Gasteiger partial charge in [-0.05, 0) is 13.0 Å². The maximum Gasteiger partial charge on any atom is 0.255 e. The van der Waals surface area contributed by atoms with E-state index in [2.05, 4.69) is 10.3 Å². The van der Waals surface area contributed by atoms with Crippen LogP contribution < -0.4 is 5.32 Å². The maximum atomic E-state index is 11.5. The Kier molecular flexibility index (Phi) is 4.56. The summed E-state index contributed by atoms with van der Waals surface area (Å²) in [5, 5.41) is 12.0. The Bertz CT molecular complexity index is 328. The van der Waals surface area contributed by atoms with Crippen molar-refractivity contribution in [3.63, 3.8) is 0 Å². The van der Waals surface area contributed by atoms with E-state index in [9.17, 15) is 9.90 Å². The number of hydrogen-bond acceptors (Lipinski definition) is 4. The number of nitrogens with one attached hydrogen (secondary N) is 1. The van der Waals surface area contributed by atoms with Crippen molar-refractivity contribution in [3.05, 3.63) is 24.0 Å². The fourth-order valence-electron chi connectivity index (χ4n) is 1.05. The van der Waals surface area contributed by atoms with Crippen LogP contribution in [0.1, 0.15) is 17.3 Å². The molecule has 0 aromatic carbocycles. The van der Waals surface area contributed by atoms with Crippen LogP contribution in [0.25, 0.3) is 0 Å². The average molecular weight is 210 g/mol. The van der Waals surface area contributed by atoms with Crippen molar-refractivity contribution in [2.75, 3.05) is 19.8 Å². The summed E-state index contributed by atoms with van der Waals surface area (Å²) >= 11 is 0. The van der Waals surface area contributed by atoms with Gasteiger partial charge >= 0.3 is 0 Å². The number of aromatic hydroxyl groups is 1. The largest absolute Gasteiger partial charge is 0.505 e. The van der Waals surface area contributed by atoms with Crippen LogP contribution in [0.3, 0.4) is 0 Å². The zero-order valence-corrected chi connectivity index (χ0v) is 8.56. The highest BCUT2D eigenvalue weighted by molar-refractivity contribution is 5.96. The van der Waals surface area contributed by atoms with E-state index in [1.54, 1.807) is 0 Å². The van der Waals surface area contributed by atoms with Crippen molar-refractivity contribution in [3.8, 4) is 5.75 Å². The zero-order chi connectivity index (χ0) is 11.1. The summed E-state index contributed by atoms with van der Waals surface area (Å²) in [6.07, 6.45) is 2.69. The fraction of sp³-hybridized carbons (Fsp3) is 0.400. The summed E-state index contributed by atoms with van der Waals surface area (Å²) in [7, 11) is 0. The van der Waals surface area contributed by atoms with E-state index in [4.69, 9.17) is 4.74 Å². The maximum absolute atomic E-state index is 11.5. The second-order valence-corrected chi connectivity index (χ2v) is 2.85. The van der Waals surface area contributed by atoms with E-state index in [1.807, 2.05) is 6.92 Å². The van der Waals surface area contributed by atoms with Crippen LogP contribution >= 0.6 is 0 Å². The first-order valence-electron chi connectivity index (χ1n) is 4.74. The van der Waals surface area contributed by atoms with Crippen molar-refractivity contribution >= 4 is 5.91 Å². The van der Waals surface area contributed by atoms with Gasteiger partial charge in [-0.1, -0.05) is 0 Å². The van der Waals surface area contributed by atoms with E-state index in [1.165, 1.54) is 18.5 Å². The Morgan fingerprint density at radius 2 is 2.47 bits per heavy atom. The first-order chi connectivity index (χ1) is 7.25. The molecule has 2 N–H and O–H groups in total. The highest BCUT2D eigenvalue weighted by atomic mass is 16.5. The van der Waals surface area contributed by atoms with Gasteiger partial charge in [0, 0.05) is 19.3 Å². The first-order valence-corrected chi connectivity index (χ1v) is 4.74. The van der Waals surface area contributed by atoms with Crippen LogP contribution in [0, 0.1) is 0 Å². The molecular weight excluding hydrogens is 196 g/mol. The van der Waals surface area contributed by atoms with E-state index in [0.717, 1.165) is 0 Å². The lowest BCUT2D eigenvalue weighted by molar-refractivity contribution is 0.0920. The van der Waals surface area contributed by atoms with Crippen LogP contribution in [-0.2, 0) is 4.74 Å². The summed E-state index contributed by atoms with van der Waals surface area (Å²) in [6, 6.07) is 1.46. The van der Waals surface area contributed by atoms with Crippen molar-refractivity contribution in [2.45, 2.75) is 6.92 Å². The van der Waals surface area contributed by atoms with Gasteiger partial charge in [0.15, 0.2) is 0 Å². The molecule has 0 aliphatic heterocycles. The van der Waals surface area contributed by atoms with E-state index in [0.29, 0.717) is 19.8 Å². The number of aromatic nitrogens is 1. The quantitative estimate of drug-likeness (QED) is 0.696. The normalized spacial score (nSPS) is 9.93. The number of hydrogen-bond donors (Lipinski definition) is 2. The van der Waals surface area contributed by atoms with Crippen LogP contribution in [-0.4, -0.2) is 35.8 Å². The first kappa shape index (κ1) is 11.5. The third-order valence-corrected chi connectivity index (χ3v) is 1.78. The molecule has 0 saturated heterocycles. The topological polar surface area (TPSA) is 71.5 Å². The van der Waals surface area contributed by atoms with Gasteiger partial charge in [-0.3, -0.25) is 9.78 Å². The minimum atomic E-state index is -0.324. The lowest BCUT2D eigenvalue weighted by atomic mass is 10.2. The molecule has 5 nitrogen and oxygen atoms in total. The average Bonchev–Trinajstić information content (AvgIpc) is 2.25. The molecule has 0 bridgehead atoms. The minimum absolute atomic E-state index is 0.119. The number of carbonyl (C=O) groups excluding carboxylic acids is 1. The van der Waals surface area contributed by atoms with Crippen LogP contribution in [0.5, 0.6) is 5.75 Å². The monoisotopic (exact) mass is 210 g/mol. The van der Waals surface area contributed by atoms with E-state index >= 15 is 0 Å². The molecule has 0 atom stereocenters. The predicted octanol–water partition coefficient (Wildman–Crippen LogP) is 0.553. The highest BCUT2D eigenvalue weighted by Crippen LogP contribution is 2.12. The summed E-state index contributed by atoms with van der Waals surface area (Å²) in [5.74, 6) is -0.444. The number of amides is 1. The highest BCUT2D eigenvalue weighted by Gasteiger charge is 2.09. The molecule has 1 heterocycles. The second-order valence-electron chi connectivity index (χ2n) is 2.85. The standard InChI is InChI=1S/C10H14N2O3/c1-2-15-6-5-12-10(14)8-3-4-11-7-9(8)13/h3-4,7,13H,2,5-6H2,1H3,(H,12,14). The van der Waals surface area contributed by atoms with Crippen LogP contribution in [0.2, 0.25) is 0 Å². The molecule has 82 valence electrons. The third kappa shape index (κ3) is 3.55. The lowest BCUT2D eigenvalue weighted by Gasteiger charge is -2.05. The van der Waals surface area contributed by atoms with Gasteiger partial charge in [0.1, 0.15) is 5.75 Å². The molecule has 0 radical (unpaired) electrons. The predicted molar refractivity (Wildman–Crippen MR) is 54.7 cm³/mol. The van der Waals surface area contributed by atoms with Gasteiger partial charge in [0.2, 0.25) is 0 Å². The summed E-state index contributed by atoms with van der Waals surface area (Å²) < 4.78 is 5.06. The molecule has 1 aromatic heterocycles. The van der Waals surface area contributed by atoms with Crippen molar-refractivity contribution in [1.82, 2.24) is 10.3 Å². The molecule has 5 heteroatoms. The van der Waals surface area contributed by atoms with Crippen LogP contribution in [0.15, 0.2) is 18.5 Å². The smallest absolute Gasteiger partial charge is 0.255 e. The van der Waals surface area contributed by atoms with E-state index in [-0.39, 0.29) is 17.2 Å².